The van der Waals surface area contributed by atoms with Crippen LogP contribution in [0, 0.1) is 0 Å². The second-order valence-electron chi connectivity index (χ2n) is 4.36. The van der Waals surface area contributed by atoms with Crippen LogP contribution >= 0.6 is 11.3 Å². The van der Waals surface area contributed by atoms with E-state index in [2.05, 4.69) is 9.71 Å². The maximum atomic E-state index is 12.0. The van der Waals surface area contributed by atoms with E-state index in [9.17, 15) is 13.2 Å². The molecule has 0 aliphatic carbocycles. The summed E-state index contributed by atoms with van der Waals surface area (Å²) in [7, 11) is -2.03. The highest BCUT2D eigenvalue weighted by molar-refractivity contribution is 7.92. The van der Waals surface area contributed by atoms with Gasteiger partial charge in [0.15, 0.2) is 10.8 Å². The lowest BCUT2D eigenvalue weighted by molar-refractivity contribution is 0.0691. The molecule has 7 nitrogen and oxygen atoms in total. The summed E-state index contributed by atoms with van der Waals surface area (Å²) in [6.45, 7) is 0. The molecule has 0 unspecified atom stereocenters. The maximum absolute atomic E-state index is 12.0. The highest BCUT2D eigenvalue weighted by Crippen LogP contribution is 2.17. The Labute approximate surface area is 131 Å². The van der Waals surface area contributed by atoms with Crippen LogP contribution in [-0.2, 0) is 16.4 Å². The third-order valence-corrected chi connectivity index (χ3v) is 4.92. The van der Waals surface area contributed by atoms with Gasteiger partial charge < -0.3 is 9.84 Å². The summed E-state index contributed by atoms with van der Waals surface area (Å²) in [6, 6.07) is 7.10. The quantitative estimate of drug-likeness (QED) is 0.795. The van der Waals surface area contributed by atoms with Gasteiger partial charge in [-0.25, -0.2) is 18.2 Å². The molecule has 0 radical (unpaired) electrons. The molecule has 0 bridgehead atoms. The van der Waals surface area contributed by atoms with E-state index >= 15 is 0 Å². The third-order valence-electron chi connectivity index (χ3n) is 2.78. The van der Waals surface area contributed by atoms with Crippen LogP contribution < -0.4 is 9.46 Å². The van der Waals surface area contributed by atoms with Gasteiger partial charge in [-0.05, 0) is 24.1 Å². The maximum Gasteiger partial charge on any atom is 0.355 e. The molecular weight excluding hydrogens is 328 g/mol. The first-order valence-corrected chi connectivity index (χ1v) is 8.75. The van der Waals surface area contributed by atoms with Crippen molar-refractivity contribution in [3.8, 4) is 5.75 Å². The molecule has 0 saturated heterocycles. The molecule has 22 heavy (non-hydrogen) atoms. The second-order valence-corrected chi connectivity index (χ2v) is 7.06. The van der Waals surface area contributed by atoms with Crippen molar-refractivity contribution in [1.82, 2.24) is 4.98 Å². The number of nitrogens with zero attached hydrogens (tertiary/aromatic N) is 1. The Bertz CT molecular complexity index is 753. The van der Waals surface area contributed by atoms with E-state index in [1.54, 1.807) is 31.4 Å². The highest BCUT2D eigenvalue weighted by Gasteiger charge is 2.15. The van der Waals surface area contributed by atoms with Crippen molar-refractivity contribution < 1.29 is 23.1 Å². The van der Waals surface area contributed by atoms with E-state index < -0.39 is 16.0 Å². The van der Waals surface area contributed by atoms with Crippen LogP contribution in [0.4, 0.5) is 5.13 Å². The molecule has 2 rings (SSSR count). The monoisotopic (exact) mass is 342 g/mol. The van der Waals surface area contributed by atoms with Gasteiger partial charge in [-0.1, -0.05) is 12.1 Å². The molecule has 0 saturated carbocycles. The van der Waals surface area contributed by atoms with Crippen LogP contribution in [0.2, 0.25) is 0 Å². The van der Waals surface area contributed by atoms with Crippen LogP contribution in [0.3, 0.4) is 0 Å². The zero-order valence-corrected chi connectivity index (χ0v) is 13.3. The fraction of sp³-hybridized carbons (Fsp3) is 0.231. The number of hydrogen-bond acceptors (Lipinski definition) is 6. The Morgan fingerprint density at radius 3 is 2.59 bits per heavy atom. The lowest BCUT2D eigenvalue weighted by Crippen LogP contribution is -2.18. The standard InChI is InChI=1S/C13H14N2O5S2/c1-20-10-4-2-9(3-5-10)6-7-22(18,19)15-13-14-11(8-21-13)12(16)17/h2-5,8H,6-7H2,1H3,(H,14,15)(H,16,17). The van der Waals surface area contributed by atoms with Gasteiger partial charge in [-0.2, -0.15) is 0 Å². The number of methoxy groups -OCH3 is 1. The average molecular weight is 342 g/mol. The number of anilines is 1. The predicted octanol–water partition coefficient (Wildman–Crippen LogP) is 1.83. The van der Waals surface area contributed by atoms with E-state index in [0.29, 0.717) is 12.2 Å². The predicted molar refractivity (Wildman–Crippen MR) is 83.2 cm³/mol. The Morgan fingerprint density at radius 2 is 2.05 bits per heavy atom. The molecule has 0 amide bonds. The lowest BCUT2D eigenvalue weighted by Gasteiger charge is -2.06. The number of ether oxygens (including phenoxy) is 1. The summed E-state index contributed by atoms with van der Waals surface area (Å²) >= 11 is 0.933. The molecule has 0 atom stereocenters. The number of carboxylic acids is 1. The van der Waals surface area contributed by atoms with E-state index in [1.807, 2.05) is 0 Å². The van der Waals surface area contributed by atoms with Gasteiger partial charge in [-0.15, -0.1) is 11.3 Å². The molecule has 1 aromatic heterocycles. The second kappa shape index (κ2) is 6.75. The van der Waals surface area contributed by atoms with E-state index in [4.69, 9.17) is 9.84 Å². The zero-order chi connectivity index (χ0) is 16.2. The Kier molecular flexibility index (Phi) is 4.99. The van der Waals surface area contributed by atoms with Crippen molar-refractivity contribution >= 4 is 32.5 Å². The molecule has 2 N–H and O–H groups in total. The summed E-state index contributed by atoms with van der Waals surface area (Å²) in [5, 5.41) is 10.1. The molecule has 1 heterocycles. The van der Waals surface area contributed by atoms with Gasteiger partial charge in [-0.3, -0.25) is 4.72 Å². The molecule has 0 fully saturated rings. The molecule has 2 aromatic rings. The van der Waals surface area contributed by atoms with Gasteiger partial charge in [0.1, 0.15) is 5.75 Å². The van der Waals surface area contributed by atoms with E-state index in [1.165, 1.54) is 5.38 Å². The molecule has 0 aliphatic heterocycles. The number of rotatable bonds is 7. The lowest BCUT2D eigenvalue weighted by atomic mass is 10.2. The first-order valence-electron chi connectivity index (χ1n) is 6.22. The van der Waals surface area contributed by atoms with Crippen molar-refractivity contribution in [3.63, 3.8) is 0 Å². The van der Waals surface area contributed by atoms with Crippen LogP contribution in [0.1, 0.15) is 16.1 Å². The first-order chi connectivity index (χ1) is 10.4. The minimum Gasteiger partial charge on any atom is -0.497 e. The third kappa shape index (κ3) is 4.43. The van der Waals surface area contributed by atoms with Crippen molar-refractivity contribution in [3.05, 3.63) is 40.9 Å². The smallest absolute Gasteiger partial charge is 0.355 e. The molecule has 0 spiro atoms. The fourth-order valence-corrected chi connectivity index (χ4v) is 3.67. The van der Waals surface area contributed by atoms with Gasteiger partial charge in [0.25, 0.3) is 0 Å². The molecule has 118 valence electrons. The van der Waals surface area contributed by atoms with Gasteiger partial charge in [0.2, 0.25) is 10.0 Å². The minimum atomic E-state index is -3.59. The number of hydrogen-bond donors (Lipinski definition) is 2. The van der Waals surface area contributed by atoms with Crippen LogP contribution in [0.5, 0.6) is 5.75 Å². The van der Waals surface area contributed by atoms with Crippen LogP contribution in [0.15, 0.2) is 29.6 Å². The number of carbonyl (C=O) groups is 1. The summed E-state index contributed by atoms with van der Waals surface area (Å²) in [6.07, 6.45) is 0.330. The minimum absolute atomic E-state index is 0.0483. The van der Waals surface area contributed by atoms with Crippen molar-refractivity contribution in [2.24, 2.45) is 0 Å². The summed E-state index contributed by atoms with van der Waals surface area (Å²) in [5.74, 6) is -0.616. The van der Waals surface area contributed by atoms with Crippen LogP contribution in [-0.4, -0.2) is 37.3 Å². The van der Waals surface area contributed by atoms with Gasteiger partial charge in [0, 0.05) is 5.38 Å². The number of aryl methyl sites for hydroxylation is 1. The Morgan fingerprint density at radius 1 is 1.36 bits per heavy atom. The average Bonchev–Trinajstić information content (AvgIpc) is 2.94. The largest absolute Gasteiger partial charge is 0.497 e. The van der Waals surface area contributed by atoms with Crippen LogP contribution in [0.25, 0.3) is 0 Å². The summed E-state index contributed by atoms with van der Waals surface area (Å²) < 4.78 is 31.2. The van der Waals surface area contributed by atoms with Crippen molar-refractivity contribution in [1.29, 1.82) is 0 Å². The normalized spacial score (nSPS) is 11.1. The molecule has 9 heteroatoms. The Hall–Kier alpha value is -2.13. The number of thiazole rings is 1. The fourth-order valence-electron chi connectivity index (χ4n) is 1.65. The van der Waals surface area contributed by atoms with Crippen molar-refractivity contribution in [2.75, 3.05) is 17.6 Å². The molecular formula is C13H14N2O5S2. The number of sulfonamides is 1. The first kappa shape index (κ1) is 16.2. The van der Waals surface area contributed by atoms with Gasteiger partial charge >= 0.3 is 5.97 Å². The number of nitrogens with one attached hydrogen (secondary N) is 1. The highest BCUT2D eigenvalue weighted by atomic mass is 32.2. The van der Waals surface area contributed by atoms with Crippen molar-refractivity contribution in [2.45, 2.75) is 6.42 Å². The number of aromatic carboxylic acids is 1. The summed E-state index contributed by atoms with van der Waals surface area (Å²) in [5.41, 5.74) is 0.675. The summed E-state index contributed by atoms with van der Waals surface area (Å²) in [4.78, 5) is 14.4. The number of aromatic nitrogens is 1. The Balaban J connectivity index is 1.96. The van der Waals surface area contributed by atoms with E-state index in [-0.39, 0.29) is 16.6 Å². The molecule has 1 aromatic carbocycles. The van der Waals surface area contributed by atoms with E-state index in [0.717, 1.165) is 16.9 Å². The molecule has 0 aliphatic rings. The SMILES string of the molecule is COc1ccc(CCS(=O)(=O)Nc2nc(C(=O)O)cs2)cc1. The topological polar surface area (TPSA) is 106 Å². The van der Waals surface area contributed by atoms with Gasteiger partial charge in [0.05, 0.1) is 12.9 Å². The number of benzene rings is 1. The number of carboxylic acid groups (broad SMARTS) is 1. The zero-order valence-electron chi connectivity index (χ0n) is 11.6.